The van der Waals surface area contributed by atoms with Gasteiger partial charge in [0, 0.05) is 19.3 Å². The molecule has 0 bridgehead atoms. The summed E-state index contributed by atoms with van der Waals surface area (Å²) in [6.45, 7) is 2.31. The molecule has 1 N–H and O–H groups in total. The van der Waals surface area contributed by atoms with Gasteiger partial charge in [-0.3, -0.25) is 0 Å². The lowest BCUT2D eigenvalue weighted by molar-refractivity contribution is 0.177. The molecule has 0 saturated heterocycles. The van der Waals surface area contributed by atoms with Crippen molar-refractivity contribution < 1.29 is 4.79 Å². The SMILES string of the molecule is Cc1nccc(CNC(=O)N(C)C2CCCCCCC2)n1. The number of nitrogens with one attached hydrogen (secondary N) is 1. The molecule has 1 aromatic heterocycles. The highest BCUT2D eigenvalue weighted by Gasteiger charge is 2.20. The quantitative estimate of drug-likeness (QED) is 0.931. The van der Waals surface area contributed by atoms with E-state index in [0.717, 1.165) is 24.4 Å². The molecular formula is C16H26N4O. The van der Waals surface area contributed by atoms with Gasteiger partial charge in [-0.05, 0) is 25.8 Å². The lowest BCUT2D eigenvalue weighted by atomic mass is 9.96. The summed E-state index contributed by atoms with van der Waals surface area (Å²) in [5.74, 6) is 0.732. The highest BCUT2D eigenvalue weighted by atomic mass is 16.2. The molecule has 5 heteroatoms. The molecule has 0 spiro atoms. The molecule has 0 aromatic carbocycles. The third-order valence-corrected chi connectivity index (χ3v) is 4.20. The van der Waals surface area contributed by atoms with Crippen molar-refractivity contribution in [1.29, 1.82) is 0 Å². The maximum absolute atomic E-state index is 12.3. The number of hydrogen-bond donors (Lipinski definition) is 1. The predicted octanol–water partition coefficient (Wildman–Crippen LogP) is 3.04. The van der Waals surface area contributed by atoms with Crippen molar-refractivity contribution in [3.8, 4) is 0 Å². The molecule has 0 radical (unpaired) electrons. The Hall–Kier alpha value is -1.65. The third kappa shape index (κ3) is 4.99. The summed E-state index contributed by atoms with van der Waals surface area (Å²) < 4.78 is 0. The molecule has 5 nitrogen and oxygen atoms in total. The van der Waals surface area contributed by atoms with Crippen LogP contribution in [0, 0.1) is 6.92 Å². The van der Waals surface area contributed by atoms with Crippen LogP contribution in [-0.4, -0.2) is 34.0 Å². The number of aromatic nitrogens is 2. The van der Waals surface area contributed by atoms with E-state index in [2.05, 4.69) is 15.3 Å². The Labute approximate surface area is 127 Å². The van der Waals surface area contributed by atoms with Gasteiger partial charge in [-0.1, -0.05) is 32.1 Å². The number of hydrogen-bond acceptors (Lipinski definition) is 3. The summed E-state index contributed by atoms with van der Waals surface area (Å²) in [5, 5.41) is 2.96. The van der Waals surface area contributed by atoms with Gasteiger partial charge in [-0.15, -0.1) is 0 Å². The molecule has 1 aromatic rings. The lowest BCUT2D eigenvalue weighted by Gasteiger charge is -2.29. The van der Waals surface area contributed by atoms with Crippen LogP contribution in [0.15, 0.2) is 12.3 Å². The van der Waals surface area contributed by atoms with Gasteiger partial charge < -0.3 is 10.2 Å². The van der Waals surface area contributed by atoms with E-state index in [1.54, 1.807) is 6.20 Å². The second-order valence-electron chi connectivity index (χ2n) is 5.86. The highest BCUT2D eigenvalue weighted by Crippen LogP contribution is 2.20. The second-order valence-corrected chi connectivity index (χ2v) is 5.86. The van der Waals surface area contributed by atoms with Crippen LogP contribution in [0.2, 0.25) is 0 Å². The number of carbonyl (C=O) groups excluding carboxylic acids is 1. The first-order valence-electron chi connectivity index (χ1n) is 7.96. The topological polar surface area (TPSA) is 58.1 Å². The van der Waals surface area contributed by atoms with Crippen molar-refractivity contribution in [3.05, 3.63) is 23.8 Å². The molecule has 1 saturated carbocycles. The molecular weight excluding hydrogens is 264 g/mol. The number of amides is 2. The highest BCUT2D eigenvalue weighted by molar-refractivity contribution is 5.74. The summed E-state index contributed by atoms with van der Waals surface area (Å²) in [7, 11) is 1.91. The first-order valence-corrected chi connectivity index (χ1v) is 7.96. The first kappa shape index (κ1) is 15.7. The fraction of sp³-hybridized carbons (Fsp3) is 0.688. The maximum Gasteiger partial charge on any atom is 0.317 e. The Balaban J connectivity index is 1.83. The largest absolute Gasteiger partial charge is 0.332 e. The Morgan fingerprint density at radius 1 is 1.29 bits per heavy atom. The molecule has 1 heterocycles. The molecule has 0 unspecified atom stereocenters. The molecule has 0 aliphatic heterocycles. The lowest BCUT2D eigenvalue weighted by Crippen LogP contribution is -2.43. The standard InChI is InChI=1S/C16H26N4O/c1-13-17-11-10-14(19-13)12-18-16(21)20(2)15-8-6-4-3-5-7-9-15/h10-11,15H,3-9,12H2,1-2H3,(H,18,21). The summed E-state index contributed by atoms with van der Waals surface area (Å²) in [6.07, 6.45) is 10.4. The number of aryl methyl sites for hydroxylation is 1. The van der Waals surface area contributed by atoms with E-state index in [1.165, 1.54) is 32.1 Å². The van der Waals surface area contributed by atoms with Crippen LogP contribution in [0.4, 0.5) is 4.79 Å². The molecule has 1 aliphatic carbocycles. The average Bonchev–Trinajstić information content (AvgIpc) is 2.44. The predicted molar refractivity (Wildman–Crippen MR) is 82.9 cm³/mol. The van der Waals surface area contributed by atoms with Crippen LogP contribution in [0.25, 0.3) is 0 Å². The smallest absolute Gasteiger partial charge is 0.317 e. The van der Waals surface area contributed by atoms with Crippen molar-refractivity contribution in [2.45, 2.75) is 64.5 Å². The zero-order valence-electron chi connectivity index (χ0n) is 13.1. The molecule has 0 atom stereocenters. The molecule has 2 rings (SSSR count). The van der Waals surface area contributed by atoms with Crippen molar-refractivity contribution in [2.24, 2.45) is 0 Å². The van der Waals surface area contributed by atoms with E-state index < -0.39 is 0 Å². The first-order chi connectivity index (χ1) is 10.2. The van der Waals surface area contributed by atoms with Gasteiger partial charge in [0.25, 0.3) is 0 Å². The van der Waals surface area contributed by atoms with Crippen molar-refractivity contribution in [1.82, 2.24) is 20.2 Å². The zero-order chi connectivity index (χ0) is 15.1. The van der Waals surface area contributed by atoms with E-state index in [4.69, 9.17) is 0 Å². The summed E-state index contributed by atoms with van der Waals surface area (Å²) in [6, 6.07) is 2.21. The van der Waals surface area contributed by atoms with Gasteiger partial charge in [0.1, 0.15) is 5.82 Å². The van der Waals surface area contributed by atoms with Crippen LogP contribution in [0.1, 0.15) is 56.5 Å². The van der Waals surface area contributed by atoms with Crippen LogP contribution in [0.5, 0.6) is 0 Å². The number of urea groups is 1. The number of rotatable bonds is 3. The van der Waals surface area contributed by atoms with Gasteiger partial charge in [0.2, 0.25) is 0 Å². The van der Waals surface area contributed by atoms with Gasteiger partial charge in [-0.25, -0.2) is 14.8 Å². The van der Waals surface area contributed by atoms with Gasteiger partial charge in [0.05, 0.1) is 12.2 Å². The fourth-order valence-electron chi connectivity index (χ4n) is 2.88. The van der Waals surface area contributed by atoms with Crippen LogP contribution < -0.4 is 5.32 Å². The maximum atomic E-state index is 12.3. The molecule has 2 amide bonds. The minimum atomic E-state index is -0.00293. The molecule has 21 heavy (non-hydrogen) atoms. The van der Waals surface area contributed by atoms with Crippen molar-refractivity contribution >= 4 is 6.03 Å². The minimum Gasteiger partial charge on any atom is -0.332 e. The minimum absolute atomic E-state index is 0.00293. The van der Waals surface area contributed by atoms with Crippen LogP contribution in [0.3, 0.4) is 0 Å². The summed E-state index contributed by atoms with van der Waals surface area (Å²) in [5.41, 5.74) is 0.849. The normalized spacial score (nSPS) is 16.9. The van der Waals surface area contributed by atoms with Gasteiger partial charge >= 0.3 is 6.03 Å². The molecule has 1 fully saturated rings. The van der Waals surface area contributed by atoms with Crippen LogP contribution >= 0.6 is 0 Å². The van der Waals surface area contributed by atoms with Gasteiger partial charge in [0.15, 0.2) is 0 Å². The Kier molecular flexibility index (Phi) is 5.96. The fourth-order valence-corrected chi connectivity index (χ4v) is 2.88. The van der Waals surface area contributed by atoms with Crippen molar-refractivity contribution in [3.63, 3.8) is 0 Å². The number of nitrogens with zero attached hydrogens (tertiary/aromatic N) is 3. The Morgan fingerprint density at radius 3 is 2.62 bits per heavy atom. The van der Waals surface area contributed by atoms with Gasteiger partial charge in [-0.2, -0.15) is 0 Å². The monoisotopic (exact) mass is 290 g/mol. The summed E-state index contributed by atoms with van der Waals surface area (Å²) >= 11 is 0. The average molecular weight is 290 g/mol. The second kappa shape index (κ2) is 7.96. The number of carbonyl (C=O) groups is 1. The molecule has 116 valence electrons. The molecule has 1 aliphatic rings. The van der Waals surface area contributed by atoms with E-state index >= 15 is 0 Å². The van der Waals surface area contributed by atoms with Crippen molar-refractivity contribution in [2.75, 3.05) is 7.05 Å². The Morgan fingerprint density at radius 2 is 1.95 bits per heavy atom. The zero-order valence-corrected chi connectivity index (χ0v) is 13.1. The summed E-state index contributed by atoms with van der Waals surface area (Å²) in [4.78, 5) is 22.5. The van der Waals surface area contributed by atoms with E-state index in [0.29, 0.717) is 12.6 Å². The van der Waals surface area contributed by atoms with E-state index in [-0.39, 0.29) is 6.03 Å². The Bertz CT molecular complexity index is 455. The van der Waals surface area contributed by atoms with Crippen LogP contribution in [-0.2, 0) is 6.54 Å². The third-order valence-electron chi connectivity index (χ3n) is 4.20. The van der Waals surface area contributed by atoms with E-state index in [9.17, 15) is 4.79 Å². The van der Waals surface area contributed by atoms with E-state index in [1.807, 2.05) is 24.9 Å².